The van der Waals surface area contributed by atoms with E-state index < -0.39 is 0 Å². The van der Waals surface area contributed by atoms with Crippen LogP contribution < -0.4 is 15.0 Å². The fourth-order valence-corrected chi connectivity index (χ4v) is 2.65. The maximum atomic E-state index is 12.5. The Balaban J connectivity index is 1.76. The second-order valence-corrected chi connectivity index (χ2v) is 5.34. The van der Waals surface area contributed by atoms with Crippen LogP contribution in [-0.4, -0.2) is 35.6 Å². The second-order valence-electron chi connectivity index (χ2n) is 5.34. The van der Waals surface area contributed by atoms with Gasteiger partial charge in [-0.05, 0) is 31.9 Å². The molecule has 1 aromatic carbocycles. The molecule has 1 N–H and O–H groups in total. The number of anilines is 2. The molecule has 3 rings (SSSR count). The van der Waals surface area contributed by atoms with Crippen molar-refractivity contribution in [2.75, 3.05) is 29.9 Å². The van der Waals surface area contributed by atoms with Gasteiger partial charge in [0.15, 0.2) is 0 Å². The van der Waals surface area contributed by atoms with Gasteiger partial charge in [-0.2, -0.15) is 0 Å². The van der Waals surface area contributed by atoms with E-state index in [9.17, 15) is 4.79 Å². The van der Waals surface area contributed by atoms with Crippen molar-refractivity contribution >= 4 is 17.5 Å². The van der Waals surface area contributed by atoms with Crippen molar-refractivity contribution in [1.29, 1.82) is 0 Å². The summed E-state index contributed by atoms with van der Waals surface area (Å²) in [6, 6.07) is 8.99. The van der Waals surface area contributed by atoms with Crippen molar-refractivity contribution in [2.45, 2.75) is 19.8 Å². The molecule has 1 fully saturated rings. The van der Waals surface area contributed by atoms with Crippen LogP contribution in [0.4, 0.5) is 11.6 Å². The number of carbonyl (C=O) groups is 1. The third kappa shape index (κ3) is 3.59. The zero-order chi connectivity index (χ0) is 16.1. The number of aromatic nitrogens is 2. The van der Waals surface area contributed by atoms with E-state index in [0.29, 0.717) is 23.7 Å². The zero-order valence-corrected chi connectivity index (χ0v) is 13.2. The smallest absolute Gasteiger partial charge is 0.260 e. The first-order chi connectivity index (χ1) is 11.3. The summed E-state index contributed by atoms with van der Waals surface area (Å²) in [4.78, 5) is 23.1. The first-order valence-corrected chi connectivity index (χ1v) is 7.88. The highest BCUT2D eigenvalue weighted by molar-refractivity contribution is 6.05. The van der Waals surface area contributed by atoms with Crippen molar-refractivity contribution in [2.24, 2.45) is 0 Å². The number of hydrogen-bond acceptors (Lipinski definition) is 5. The first-order valence-electron chi connectivity index (χ1n) is 7.88. The van der Waals surface area contributed by atoms with Gasteiger partial charge in [-0.3, -0.25) is 4.79 Å². The Morgan fingerprint density at radius 2 is 2.04 bits per heavy atom. The fourth-order valence-electron chi connectivity index (χ4n) is 2.65. The van der Waals surface area contributed by atoms with Crippen LogP contribution in [0.2, 0.25) is 0 Å². The minimum absolute atomic E-state index is 0.236. The quantitative estimate of drug-likeness (QED) is 0.919. The number of rotatable bonds is 5. The lowest BCUT2D eigenvalue weighted by atomic mass is 10.2. The van der Waals surface area contributed by atoms with Gasteiger partial charge in [-0.15, -0.1) is 0 Å². The number of benzene rings is 1. The molecule has 0 saturated carbocycles. The van der Waals surface area contributed by atoms with Gasteiger partial charge >= 0.3 is 0 Å². The number of para-hydroxylation sites is 1. The molecule has 0 atom stereocenters. The fraction of sp³-hybridized carbons (Fsp3) is 0.353. The highest BCUT2D eigenvalue weighted by Gasteiger charge is 2.16. The van der Waals surface area contributed by atoms with E-state index in [1.54, 1.807) is 12.1 Å². The molecule has 6 nitrogen and oxygen atoms in total. The van der Waals surface area contributed by atoms with E-state index in [2.05, 4.69) is 20.2 Å². The summed E-state index contributed by atoms with van der Waals surface area (Å²) < 4.78 is 5.50. The number of carbonyl (C=O) groups excluding carboxylic acids is 1. The Kier molecular flexibility index (Phi) is 4.71. The maximum Gasteiger partial charge on any atom is 0.260 e. The molecule has 1 saturated heterocycles. The lowest BCUT2D eigenvalue weighted by molar-refractivity contribution is 0.102. The lowest BCUT2D eigenvalue weighted by Crippen LogP contribution is -2.20. The minimum Gasteiger partial charge on any atom is -0.493 e. The van der Waals surface area contributed by atoms with Gasteiger partial charge in [-0.1, -0.05) is 12.1 Å². The molecular weight excluding hydrogens is 292 g/mol. The largest absolute Gasteiger partial charge is 0.493 e. The Morgan fingerprint density at radius 3 is 2.83 bits per heavy atom. The average molecular weight is 312 g/mol. The molecular formula is C17H20N4O2. The van der Waals surface area contributed by atoms with E-state index in [4.69, 9.17) is 4.74 Å². The van der Waals surface area contributed by atoms with Gasteiger partial charge in [0.25, 0.3) is 5.91 Å². The van der Waals surface area contributed by atoms with E-state index in [0.717, 1.165) is 18.9 Å². The predicted molar refractivity (Wildman–Crippen MR) is 89.0 cm³/mol. The van der Waals surface area contributed by atoms with E-state index in [-0.39, 0.29) is 5.91 Å². The summed E-state index contributed by atoms with van der Waals surface area (Å²) in [6.45, 7) is 4.40. The van der Waals surface area contributed by atoms with E-state index in [1.807, 2.05) is 25.1 Å². The maximum absolute atomic E-state index is 12.5. The molecule has 23 heavy (non-hydrogen) atoms. The summed E-state index contributed by atoms with van der Waals surface area (Å²) in [5.41, 5.74) is 0.496. The molecule has 0 aliphatic carbocycles. The van der Waals surface area contributed by atoms with Gasteiger partial charge < -0.3 is 15.0 Å². The SMILES string of the molecule is CCOc1ccccc1C(=O)Nc1cc(N2CCCC2)ncn1. The molecule has 1 aromatic heterocycles. The third-order valence-electron chi connectivity index (χ3n) is 3.76. The Bertz CT molecular complexity index is 684. The van der Waals surface area contributed by atoms with Crippen molar-refractivity contribution in [3.05, 3.63) is 42.2 Å². The Hall–Kier alpha value is -2.63. The van der Waals surface area contributed by atoms with Gasteiger partial charge in [0, 0.05) is 19.2 Å². The van der Waals surface area contributed by atoms with Crippen molar-refractivity contribution in [3.8, 4) is 5.75 Å². The van der Waals surface area contributed by atoms with E-state index >= 15 is 0 Å². The molecule has 0 bridgehead atoms. The van der Waals surface area contributed by atoms with Crippen molar-refractivity contribution in [1.82, 2.24) is 9.97 Å². The molecule has 2 heterocycles. The lowest BCUT2D eigenvalue weighted by Gasteiger charge is -2.16. The van der Waals surface area contributed by atoms with Crippen LogP contribution in [0.15, 0.2) is 36.7 Å². The molecule has 120 valence electrons. The first kappa shape index (κ1) is 15.3. The summed E-state index contributed by atoms with van der Waals surface area (Å²) >= 11 is 0. The highest BCUT2D eigenvalue weighted by atomic mass is 16.5. The van der Waals surface area contributed by atoms with Crippen molar-refractivity contribution < 1.29 is 9.53 Å². The molecule has 1 amide bonds. The van der Waals surface area contributed by atoms with Gasteiger partial charge in [-0.25, -0.2) is 9.97 Å². The minimum atomic E-state index is -0.236. The summed E-state index contributed by atoms with van der Waals surface area (Å²) in [5, 5.41) is 2.82. The van der Waals surface area contributed by atoms with Crippen LogP contribution in [0, 0.1) is 0 Å². The van der Waals surface area contributed by atoms with Crippen LogP contribution in [-0.2, 0) is 0 Å². The van der Waals surface area contributed by atoms with Crippen LogP contribution in [0.25, 0.3) is 0 Å². The number of nitrogens with one attached hydrogen (secondary N) is 1. The molecule has 0 spiro atoms. The summed E-state index contributed by atoms with van der Waals surface area (Å²) in [5.74, 6) is 1.69. The zero-order valence-electron chi connectivity index (χ0n) is 13.2. The number of ether oxygens (including phenoxy) is 1. The van der Waals surface area contributed by atoms with Crippen molar-refractivity contribution in [3.63, 3.8) is 0 Å². The molecule has 1 aliphatic rings. The van der Waals surface area contributed by atoms with Gasteiger partial charge in [0.1, 0.15) is 23.7 Å². The third-order valence-corrected chi connectivity index (χ3v) is 3.76. The van der Waals surface area contributed by atoms with Crippen LogP contribution in [0.1, 0.15) is 30.1 Å². The normalized spacial score (nSPS) is 13.9. The standard InChI is InChI=1S/C17H20N4O2/c1-2-23-14-8-4-3-7-13(14)17(22)20-15-11-16(19-12-18-15)21-9-5-6-10-21/h3-4,7-8,11-12H,2,5-6,9-10H2,1H3,(H,18,19,20,22). The predicted octanol–water partition coefficient (Wildman–Crippen LogP) is 2.73. The van der Waals surface area contributed by atoms with Crippen LogP contribution >= 0.6 is 0 Å². The highest BCUT2D eigenvalue weighted by Crippen LogP contribution is 2.22. The topological polar surface area (TPSA) is 67.3 Å². The molecule has 2 aromatic rings. The number of hydrogen-bond donors (Lipinski definition) is 1. The second kappa shape index (κ2) is 7.09. The molecule has 0 unspecified atom stereocenters. The van der Waals surface area contributed by atoms with Crippen LogP contribution in [0.5, 0.6) is 5.75 Å². The van der Waals surface area contributed by atoms with Gasteiger partial charge in [0.2, 0.25) is 0 Å². The average Bonchev–Trinajstić information content (AvgIpc) is 3.10. The number of nitrogens with zero attached hydrogens (tertiary/aromatic N) is 3. The number of amides is 1. The van der Waals surface area contributed by atoms with E-state index in [1.165, 1.54) is 19.2 Å². The molecule has 1 aliphatic heterocycles. The molecule has 6 heteroatoms. The molecule has 0 radical (unpaired) electrons. The Morgan fingerprint density at radius 1 is 1.26 bits per heavy atom. The summed E-state index contributed by atoms with van der Waals surface area (Å²) in [6.07, 6.45) is 3.83. The summed E-state index contributed by atoms with van der Waals surface area (Å²) in [7, 11) is 0. The Labute approximate surface area is 135 Å². The van der Waals surface area contributed by atoms with Crippen LogP contribution in [0.3, 0.4) is 0 Å². The van der Waals surface area contributed by atoms with Gasteiger partial charge in [0.05, 0.1) is 12.2 Å². The monoisotopic (exact) mass is 312 g/mol.